The molecule has 0 aromatic heterocycles. The summed E-state index contributed by atoms with van der Waals surface area (Å²) in [5.74, 6) is 0. The topological polar surface area (TPSA) is 24.5 Å². The van der Waals surface area contributed by atoms with Crippen LogP contribution < -0.4 is 5.32 Å². The SMILES string of the molecule is CCC(CC)(CNC(C)C)CN(C)CCCOC. The minimum Gasteiger partial charge on any atom is -0.385 e. The van der Waals surface area contributed by atoms with Gasteiger partial charge in [0.05, 0.1) is 0 Å². The predicted molar refractivity (Wildman–Crippen MR) is 80.1 cm³/mol. The van der Waals surface area contributed by atoms with E-state index in [9.17, 15) is 0 Å². The first kappa shape index (κ1) is 17.9. The van der Waals surface area contributed by atoms with Gasteiger partial charge in [-0.05, 0) is 31.7 Å². The van der Waals surface area contributed by atoms with Crippen LogP contribution in [0.15, 0.2) is 0 Å². The van der Waals surface area contributed by atoms with Crippen molar-refractivity contribution in [3.8, 4) is 0 Å². The Balaban J connectivity index is 4.22. The Hall–Kier alpha value is -0.120. The fourth-order valence-electron chi connectivity index (χ4n) is 2.33. The number of rotatable bonds is 11. The first-order chi connectivity index (χ1) is 8.49. The van der Waals surface area contributed by atoms with Gasteiger partial charge in [-0.2, -0.15) is 0 Å². The van der Waals surface area contributed by atoms with Crippen LogP contribution in [0.2, 0.25) is 0 Å². The largest absolute Gasteiger partial charge is 0.385 e. The van der Waals surface area contributed by atoms with Crippen LogP contribution in [-0.2, 0) is 4.74 Å². The van der Waals surface area contributed by atoms with Crippen molar-refractivity contribution < 1.29 is 4.74 Å². The summed E-state index contributed by atoms with van der Waals surface area (Å²) >= 11 is 0. The zero-order valence-corrected chi connectivity index (χ0v) is 13.4. The molecule has 0 fully saturated rings. The molecule has 0 aromatic rings. The van der Waals surface area contributed by atoms with Gasteiger partial charge in [0.25, 0.3) is 0 Å². The van der Waals surface area contributed by atoms with Crippen molar-refractivity contribution in [2.45, 2.75) is 53.0 Å². The second-order valence-corrected chi connectivity index (χ2v) is 5.83. The smallest absolute Gasteiger partial charge is 0.0474 e. The molecule has 3 heteroatoms. The van der Waals surface area contributed by atoms with Gasteiger partial charge in [0.2, 0.25) is 0 Å². The Morgan fingerprint density at radius 2 is 1.83 bits per heavy atom. The molecule has 0 spiro atoms. The van der Waals surface area contributed by atoms with Crippen LogP contribution in [0.4, 0.5) is 0 Å². The summed E-state index contributed by atoms with van der Waals surface area (Å²) in [4.78, 5) is 2.45. The molecule has 0 aliphatic rings. The van der Waals surface area contributed by atoms with Crippen molar-refractivity contribution in [3.05, 3.63) is 0 Å². The minimum atomic E-state index is 0.409. The second-order valence-electron chi connectivity index (χ2n) is 5.83. The molecule has 0 aliphatic carbocycles. The van der Waals surface area contributed by atoms with E-state index >= 15 is 0 Å². The molecule has 0 aliphatic heterocycles. The Labute approximate surface area is 114 Å². The third-order valence-electron chi connectivity index (χ3n) is 3.88. The molecule has 0 unspecified atom stereocenters. The summed E-state index contributed by atoms with van der Waals surface area (Å²) in [5.41, 5.74) is 0.409. The van der Waals surface area contributed by atoms with E-state index in [1.54, 1.807) is 7.11 Å². The zero-order valence-electron chi connectivity index (χ0n) is 13.4. The summed E-state index contributed by atoms with van der Waals surface area (Å²) in [7, 11) is 4.00. The van der Waals surface area contributed by atoms with Crippen LogP contribution in [0, 0.1) is 5.41 Å². The van der Waals surface area contributed by atoms with Gasteiger partial charge < -0.3 is 15.0 Å². The van der Waals surface area contributed by atoms with Crippen LogP contribution in [0.3, 0.4) is 0 Å². The lowest BCUT2D eigenvalue weighted by Crippen LogP contribution is -2.44. The average Bonchev–Trinajstić information content (AvgIpc) is 2.35. The van der Waals surface area contributed by atoms with E-state index in [2.05, 4.69) is 45.0 Å². The van der Waals surface area contributed by atoms with Crippen molar-refractivity contribution >= 4 is 0 Å². The first-order valence-corrected chi connectivity index (χ1v) is 7.40. The summed E-state index contributed by atoms with van der Waals surface area (Å²) in [6.07, 6.45) is 3.59. The number of methoxy groups -OCH3 is 1. The average molecular weight is 258 g/mol. The quantitative estimate of drug-likeness (QED) is 0.577. The van der Waals surface area contributed by atoms with Crippen LogP contribution in [0.25, 0.3) is 0 Å². The van der Waals surface area contributed by atoms with Gasteiger partial charge in [-0.1, -0.05) is 27.7 Å². The third kappa shape index (κ3) is 7.34. The van der Waals surface area contributed by atoms with Gasteiger partial charge in [0.15, 0.2) is 0 Å². The Bertz CT molecular complexity index is 191. The summed E-state index contributed by atoms with van der Waals surface area (Å²) < 4.78 is 5.11. The molecule has 0 saturated heterocycles. The molecular weight excluding hydrogens is 224 g/mol. The number of nitrogens with zero attached hydrogens (tertiary/aromatic N) is 1. The van der Waals surface area contributed by atoms with Crippen molar-refractivity contribution in [1.82, 2.24) is 10.2 Å². The van der Waals surface area contributed by atoms with Gasteiger partial charge in [-0.25, -0.2) is 0 Å². The van der Waals surface area contributed by atoms with E-state index in [1.165, 1.54) is 19.4 Å². The van der Waals surface area contributed by atoms with E-state index < -0.39 is 0 Å². The maximum absolute atomic E-state index is 5.11. The van der Waals surface area contributed by atoms with Crippen molar-refractivity contribution in [1.29, 1.82) is 0 Å². The van der Waals surface area contributed by atoms with E-state index in [0.29, 0.717) is 11.5 Å². The maximum atomic E-state index is 5.11. The lowest BCUT2D eigenvalue weighted by Gasteiger charge is -2.36. The summed E-state index contributed by atoms with van der Waals surface area (Å²) in [6, 6.07) is 0.571. The number of nitrogens with one attached hydrogen (secondary N) is 1. The molecule has 0 saturated carbocycles. The standard InChI is InChI=1S/C15H34N2O/c1-7-15(8-2,12-16-14(3)4)13-17(5)10-9-11-18-6/h14,16H,7-13H2,1-6H3. The Morgan fingerprint density at radius 3 is 2.28 bits per heavy atom. The molecule has 3 nitrogen and oxygen atoms in total. The van der Waals surface area contributed by atoms with Gasteiger partial charge in [-0.3, -0.25) is 0 Å². The van der Waals surface area contributed by atoms with Crippen molar-refractivity contribution in [2.75, 3.05) is 40.4 Å². The van der Waals surface area contributed by atoms with Crippen molar-refractivity contribution in [3.63, 3.8) is 0 Å². The molecule has 0 rings (SSSR count). The lowest BCUT2D eigenvalue weighted by atomic mass is 9.81. The van der Waals surface area contributed by atoms with E-state index in [1.807, 2.05) is 0 Å². The predicted octanol–water partition coefficient (Wildman–Crippen LogP) is 2.76. The monoisotopic (exact) mass is 258 g/mol. The highest BCUT2D eigenvalue weighted by Gasteiger charge is 2.27. The molecule has 18 heavy (non-hydrogen) atoms. The zero-order chi connectivity index (χ0) is 14.0. The molecule has 0 aromatic carbocycles. The fraction of sp³-hybridized carbons (Fsp3) is 1.00. The number of hydrogen-bond donors (Lipinski definition) is 1. The van der Waals surface area contributed by atoms with Gasteiger partial charge in [-0.15, -0.1) is 0 Å². The molecule has 0 amide bonds. The normalized spacial score (nSPS) is 12.7. The Morgan fingerprint density at radius 1 is 1.22 bits per heavy atom. The molecule has 0 heterocycles. The van der Waals surface area contributed by atoms with Gasteiger partial charge in [0, 0.05) is 39.4 Å². The highest BCUT2D eigenvalue weighted by Crippen LogP contribution is 2.26. The van der Waals surface area contributed by atoms with E-state index in [4.69, 9.17) is 4.74 Å². The van der Waals surface area contributed by atoms with E-state index in [0.717, 1.165) is 26.1 Å². The molecular formula is C15H34N2O. The van der Waals surface area contributed by atoms with Crippen LogP contribution in [0.1, 0.15) is 47.0 Å². The fourth-order valence-corrected chi connectivity index (χ4v) is 2.33. The molecule has 0 atom stereocenters. The van der Waals surface area contributed by atoms with Gasteiger partial charge >= 0.3 is 0 Å². The highest BCUT2D eigenvalue weighted by atomic mass is 16.5. The minimum absolute atomic E-state index is 0.409. The molecule has 1 N–H and O–H groups in total. The van der Waals surface area contributed by atoms with Crippen LogP contribution in [0.5, 0.6) is 0 Å². The summed E-state index contributed by atoms with van der Waals surface area (Å²) in [6.45, 7) is 13.3. The third-order valence-corrected chi connectivity index (χ3v) is 3.88. The van der Waals surface area contributed by atoms with Crippen LogP contribution >= 0.6 is 0 Å². The Kier molecular flexibility index (Phi) is 9.70. The highest BCUT2D eigenvalue weighted by molar-refractivity contribution is 4.82. The van der Waals surface area contributed by atoms with Gasteiger partial charge in [0.1, 0.15) is 0 Å². The number of hydrogen-bond acceptors (Lipinski definition) is 3. The second kappa shape index (κ2) is 9.76. The van der Waals surface area contributed by atoms with Crippen molar-refractivity contribution in [2.24, 2.45) is 5.41 Å². The molecule has 0 bridgehead atoms. The lowest BCUT2D eigenvalue weighted by molar-refractivity contribution is 0.134. The molecule has 0 radical (unpaired) electrons. The number of ether oxygens (including phenoxy) is 1. The molecule has 110 valence electrons. The first-order valence-electron chi connectivity index (χ1n) is 7.40. The maximum Gasteiger partial charge on any atom is 0.0474 e. The summed E-state index contributed by atoms with van der Waals surface area (Å²) in [5, 5.41) is 3.61. The van der Waals surface area contributed by atoms with Crippen LogP contribution in [-0.4, -0.2) is 51.3 Å². The van der Waals surface area contributed by atoms with E-state index in [-0.39, 0.29) is 0 Å².